The molecular formula is C18H23N3O3. The van der Waals surface area contributed by atoms with Crippen molar-refractivity contribution < 1.29 is 14.3 Å². The Kier molecular flexibility index (Phi) is 7.12. The van der Waals surface area contributed by atoms with E-state index in [0.29, 0.717) is 18.0 Å². The minimum absolute atomic E-state index is 0.0367. The van der Waals surface area contributed by atoms with Gasteiger partial charge in [-0.05, 0) is 49.7 Å². The van der Waals surface area contributed by atoms with Gasteiger partial charge in [0.15, 0.2) is 18.1 Å². The highest BCUT2D eigenvalue weighted by atomic mass is 16.5. The lowest BCUT2D eigenvalue weighted by Gasteiger charge is -2.13. The van der Waals surface area contributed by atoms with Crippen LogP contribution in [-0.4, -0.2) is 50.7 Å². The molecule has 1 aliphatic heterocycles. The van der Waals surface area contributed by atoms with Gasteiger partial charge in [0, 0.05) is 19.2 Å². The predicted octanol–water partition coefficient (Wildman–Crippen LogP) is 1.82. The third-order valence-electron chi connectivity index (χ3n) is 3.83. The third-order valence-corrected chi connectivity index (χ3v) is 3.83. The maximum atomic E-state index is 11.8. The highest BCUT2D eigenvalue weighted by Crippen LogP contribution is 2.28. The Morgan fingerprint density at radius 1 is 1.38 bits per heavy atom. The summed E-state index contributed by atoms with van der Waals surface area (Å²) in [5, 5.41) is 11.4. The smallest absolute Gasteiger partial charge is 0.244 e. The molecule has 1 aromatic carbocycles. The van der Waals surface area contributed by atoms with Crippen molar-refractivity contribution in [3.63, 3.8) is 0 Å². The number of methoxy groups -OCH3 is 1. The first-order chi connectivity index (χ1) is 11.7. The zero-order valence-electron chi connectivity index (χ0n) is 14.0. The average Bonchev–Trinajstić information content (AvgIpc) is 3.11. The number of nitriles is 1. The molecule has 6 heteroatoms. The summed E-state index contributed by atoms with van der Waals surface area (Å²) >= 11 is 0. The maximum absolute atomic E-state index is 11.8. The van der Waals surface area contributed by atoms with Crippen LogP contribution in [-0.2, 0) is 4.79 Å². The second kappa shape index (κ2) is 9.58. The second-order valence-corrected chi connectivity index (χ2v) is 5.53. The number of hydrogen-bond acceptors (Lipinski definition) is 5. The summed E-state index contributed by atoms with van der Waals surface area (Å²) < 4.78 is 10.5. The monoisotopic (exact) mass is 329 g/mol. The fraction of sp³-hybridized carbons (Fsp3) is 0.444. The molecule has 1 N–H and O–H groups in total. The number of hydrogen-bond donors (Lipinski definition) is 1. The van der Waals surface area contributed by atoms with E-state index in [1.165, 1.54) is 26.0 Å². The van der Waals surface area contributed by atoms with Gasteiger partial charge >= 0.3 is 0 Å². The first kappa shape index (κ1) is 17.8. The van der Waals surface area contributed by atoms with E-state index in [-0.39, 0.29) is 12.5 Å². The molecule has 6 nitrogen and oxygen atoms in total. The van der Waals surface area contributed by atoms with Crippen LogP contribution in [0.15, 0.2) is 24.3 Å². The van der Waals surface area contributed by atoms with Gasteiger partial charge in [-0.2, -0.15) is 5.26 Å². The number of rotatable bonds is 8. The summed E-state index contributed by atoms with van der Waals surface area (Å²) in [5.74, 6) is 0.922. The van der Waals surface area contributed by atoms with Crippen molar-refractivity contribution in [2.24, 2.45) is 0 Å². The van der Waals surface area contributed by atoms with E-state index in [1.807, 2.05) is 12.1 Å². The summed E-state index contributed by atoms with van der Waals surface area (Å²) in [7, 11) is 1.53. The summed E-state index contributed by atoms with van der Waals surface area (Å²) in [6, 6.07) is 7.21. The number of carbonyl (C=O) groups excluding carboxylic acids is 1. The minimum Gasteiger partial charge on any atom is -0.493 e. The zero-order chi connectivity index (χ0) is 17.2. The molecule has 1 heterocycles. The molecule has 0 aliphatic carbocycles. The molecule has 24 heavy (non-hydrogen) atoms. The van der Waals surface area contributed by atoms with Gasteiger partial charge in [-0.3, -0.25) is 4.79 Å². The van der Waals surface area contributed by atoms with Crippen LogP contribution in [0.5, 0.6) is 11.5 Å². The zero-order valence-corrected chi connectivity index (χ0v) is 14.0. The van der Waals surface area contributed by atoms with Crippen LogP contribution in [0.3, 0.4) is 0 Å². The quantitative estimate of drug-likeness (QED) is 0.737. The van der Waals surface area contributed by atoms with Crippen molar-refractivity contribution in [2.75, 3.05) is 39.9 Å². The van der Waals surface area contributed by atoms with Gasteiger partial charge in [-0.1, -0.05) is 6.07 Å². The third kappa shape index (κ3) is 5.60. The molecule has 0 saturated carbocycles. The molecule has 1 saturated heterocycles. The Morgan fingerprint density at radius 3 is 2.88 bits per heavy atom. The second-order valence-electron chi connectivity index (χ2n) is 5.53. The van der Waals surface area contributed by atoms with Gasteiger partial charge in [-0.25, -0.2) is 0 Å². The predicted molar refractivity (Wildman–Crippen MR) is 91.8 cm³/mol. The largest absolute Gasteiger partial charge is 0.493 e. The first-order valence-electron chi connectivity index (χ1n) is 8.09. The molecule has 1 aliphatic rings. The van der Waals surface area contributed by atoms with Crippen molar-refractivity contribution in [1.82, 2.24) is 10.2 Å². The van der Waals surface area contributed by atoms with E-state index < -0.39 is 0 Å². The molecular weight excluding hydrogens is 306 g/mol. The van der Waals surface area contributed by atoms with Crippen LogP contribution in [0.2, 0.25) is 0 Å². The fourth-order valence-electron chi connectivity index (χ4n) is 2.59. The Morgan fingerprint density at radius 2 is 2.17 bits per heavy atom. The van der Waals surface area contributed by atoms with Crippen molar-refractivity contribution in [2.45, 2.75) is 12.8 Å². The van der Waals surface area contributed by atoms with E-state index >= 15 is 0 Å². The molecule has 2 rings (SSSR count). The lowest BCUT2D eigenvalue weighted by atomic mass is 10.2. The summed E-state index contributed by atoms with van der Waals surface area (Å²) in [6.07, 6.45) is 5.74. The van der Waals surface area contributed by atoms with Gasteiger partial charge < -0.3 is 19.7 Å². The highest BCUT2D eigenvalue weighted by Gasteiger charge is 2.10. The summed E-state index contributed by atoms with van der Waals surface area (Å²) in [5.41, 5.74) is 0.825. The number of nitrogens with one attached hydrogen (secondary N) is 1. The fourth-order valence-corrected chi connectivity index (χ4v) is 2.59. The van der Waals surface area contributed by atoms with Crippen molar-refractivity contribution in [1.29, 1.82) is 5.26 Å². The van der Waals surface area contributed by atoms with Crippen molar-refractivity contribution in [3.05, 3.63) is 29.8 Å². The van der Waals surface area contributed by atoms with Crippen LogP contribution in [0, 0.1) is 11.3 Å². The van der Waals surface area contributed by atoms with Crippen LogP contribution in [0.1, 0.15) is 18.4 Å². The molecule has 0 spiro atoms. The highest BCUT2D eigenvalue weighted by molar-refractivity contribution is 5.91. The molecule has 0 atom stereocenters. The normalized spacial score (nSPS) is 14.5. The average molecular weight is 329 g/mol. The topological polar surface area (TPSA) is 74.6 Å². The van der Waals surface area contributed by atoms with E-state index in [0.717, 1.165) is 25.2 Å². The summed E-state index contributed by atoms with van der Waals surface area (Å²) in [4.78, 5) is 14.2. The lowest BCUT2D eigenvalue weighted by molar-refractivity contribution is -0.116. The molecule has 0 bridgehead atoms. The molecule has 1 aromatic rings. The molecule has 0 aromatic heterocycles. The minimum atomic E-state index is -0.113. The Bertz CT molecular complexity index is 616. The molecule has 1 amide bonds. The molecule has 0 unspecified atom stereocenters. The van der Waals surface area contributed by atoms with Crippen LogP contribution in [0.4, 0.5) is 0 Å². The van der Waals surface area contributed by atoms with Gasteiger partial charge in [0.1, 0.15) is 6.07 Å². The molecule has 0 radical (unpaired) electrons. The SMILES string of the molecule is COc1cc(/C=C/C(=O)NCCN2CCCC2)ccc1OCC#N. The van der Waals surface area contributed by atoms with Crippen LogP contribution < -0.4 is 14.8 Å². The molecule has 128 valence electrons. The lowest BCUT2D eigenvalue weighted by Crippen LogP contribution is -2.32. The van der Waals surface area contributed by atoms with Gasteiger partial charge in [0.25, 0.3) is 0 Å². The van der Waals surface area contributed by atoms with Gasteiger partial charge in [0.05, 0.1) is 7.11 Å². The van der Waals surface area contributed by atoms with Crippen molar-refractivity contribution >= 4 is 12.0 Å². The van der Waals surface area contributed by atoms with E-state index in [1.54, 1.807) is 18.2 Å². The van der Waals surface area contributed by atoms with E-state index in [9.17, 15) is 4.79 Å². The Balaban J connectivity index is 1.83. The number of carbonyl (C=O) groups is 1. The number of benzene rings is 1. The first-order valence-corrected chi connectivity index (χ1v) is 8.09. The number of amides is 1. The number of ether oxygens (including phenoxy) is 2. The Hall–Kier alpha value is -2.52. The number of likely N-dealkylation sites (tertiary alicyclic amines) is 1. The van der Waals surface area contributed by atoms with E-state index in [2.05, 4.69) is 10.2 Å². The van der Waals surface area contributed by atoms with Gasteiger partial charge in [-0.15, -0.1) is 0 Å². The van der Waals surface area contributed by atoms with Crippen LogP contribution >= 0.6 is 0 Å². The number of nitrogens with zero attached hydrogens (tertiary/aromatic N) is 2. The van der Waals surface area contributed by atoms with Crippen molar-refractivity contribution in [3.8, 4) is 17.6 Å². The molecule has 1 fully saturated rings. The maximum Gasteiger partial charge on any atom is 0.244 e. The van der Waals surface area contributed by atoms with Gasteiger partial charge in [0.2, 0.25) is 5.91 Å². The standard InChI is InChI=1S/C18H23N3O3/c1-23-17-14-15(4-6-16(17)24-13-8-19)5-7-18(22)20-9-12-21-10-2-3-11-21/h4-7,14H,2-3,9-13H2,1H3,(H,20,22)/b7-5+. The van der Waals surface area contributed by atoms with E-state index in [4.69, 9.17) is 14.7 Å². The summed E-state index contributed by atoms with van der Waals surface area (Å²) in [6.45, 7) is 3.79. The van der Waals surface area contributed by atoms with Crippen LogP contribution in [0.25, 0.3) is 6.08 Å². The Labute approximate surface area is 142 Å².